The smallest absolute Gasteiger partial charge is 0.319 e. The maximum atomic E-state index is 13.3. The molecule has 1 aromatic carbocycles. The molecule has 7 heteroatoms. The van der Waals surface area contributed by atoms with Crippen molar-refractivity contribution in [3.05, 3.63) is 29.3 Å². The molecule has 2 atom stereocenters. The zero-order valence-corrected chi connectivity index (χ0v) is 16.2. The van der Waals surface area contributed by atoms with Crippen LogP contribution in [0, 0.1) is 19.8 Å². The minimum Gasteiger partial charge on any atom is -0.331 e. The Kier molecular flexibility index (Phi) is 4.81. The van der Waals surface area contributed by atoms with Gasteiger partial charge in [-0.25, -0.2) is 13.2 Å². The molecular weight excluding hydrogens is 338 g/mol. The molecular formula is C18H27N3O3S. The third-order valence-electron chi connectivity index (χ3n) is 5.25. The van der Waals surface area contributed by atoms with Crippen LogP contribution in [0.3, 0.4) is 0 Å². The first-order chi connectivity index (χ1) is 11.7. The monoisotopic (exact) mass is 365 g/mol. The van der Waals surface area contributed by atoms with Crippen molar-refractivity contribution in [3.63, 3.8) is 0 Å². The molecule has 3 saturated heterocycles. The van der Waals surface area contributed by atoms with Gasteiger partial charge in [-0.05, 0) is 49.8 Å². The Morgan fingerprint density at radius 1 is 1.12 bits per heavy atom. The van der Waals surface area contributed by atoms with E-state index >= 15 is 0 Å². The fourth-order valence-corrected chi connectivity index (χ4v) is 5.92. The summed E-state index contributed by atoms with van der Waals surface area (Å²) in [6, 6.07) is 5.36. The molecule has 0 spiro atoms. The van der Waals surface area contributed by atoms with Gasteiger partial charge in [-0.15, -0.1) is 0 Å². The fraction of sp³-hybridized carbons (Fsp3) is 0.611. The summed E-state index contributed by atoms with van der Waals surface area (Å²) in [6.07, 6.45) is 1.78. The SMILES string of the molecule is Cc1ccc(C)c(S(=O)(=O)N2C[C@@H]3CC[C@H]2CN(C(=O)N(C)C)C3)c1. The summed E-state index contributed by atoms with van der Waals surface area (Å²) in [5, 5.41) is 0. The normalized spacial score (nSPS) is 24.2. The number of fused-ring (bicyclic) bond motifs is 4. The third-order valence-corrected chi connectivity index (χ3v) is 7.31. The molecule has 3 aliphatic heterocycles. The molecule has 2 amide bonds. The van der Waals surface area contributed by atoms with Crippen molar-refractivity contribution in [3.8, 4) is 0 Å². The summed E-state index contributed by atoms with van der Waals surface area (Å²) in [5.74, 6) is 0.197. The summed E-state index contributed by atoms with van der Waals surface area (Å²) < 4.78 is 28.3. The van der Waals surface area contributed by atoms with Gasteiger partial charge in [-0.2, -0.15) is 4.31 Å². The topological polar surface area (TPSA) is 60.9 Å². The largest absolute Gasteiger partial charge is 0.331 e. The number of carbonyl (C=O) groups is 1. The van der Waals surface area contributed by atoms with E-state index in [1.165, 1.54) is 0 Å². The molecule has 138 valence electrons. The molecule has 3 heterocycles. The zero-order valence-electron chi connectivity index (χ0n) is 15.4. The summed E-state index contributed by atoms with van der Waals surface area (Å²) in [5.41, 5.74) is 1.71. The molecule has 2 bridgehead atoms. The van der Waals surface area contributed by atoms with Gasteiger partial charge in [0.25, 0.3) is 0 Å². The van der Waals surface area contributed by atoms with E-state index in [4.69, 9.17) is 0 Å². The first-order valence-electron chi connectivity index (χ1n) is 8.75. The van der Waals surface area contributed by atoms with Crippen LogP contribution in [0.2, 0.25) is 0 Å². The molecule has 0 N–H and O–H groups in total. The van der Waals surface area contributed by atoms with Crippen LogP contribution >= 0.6 is 0 Å². The van der Waals surface area contributed by atoms with E-state index in [-0.39, 0.29) is 18.0 Å². The van der Waals surface area contributed by atoms with Crippen molar-refractivity contribution < 1.29 is 13.2 Å². The van der Waals surface area contributed by atoms with Gasteiger partial charge in [-0.1, -0.05) is 12.1 Å². The van der Waals surface area contributed by atoms with Crippen LogP contribution < -0.4 is 0 Å². The Bertz CT molecular complexity index is 776. The second-order valence-electron chi connectivity index (χ2n) is 7.52. The third kappa shape index (κ3) is 3.40. The molecule has 3 aliphatic rings. The van der Waals surface area contributed by atoms with Crippen LogP contribution in [-0.4, -0.2) is 68.3 Å². The fourth-order valence-electron chi connectivity index (χ4n) is 3.88. The Labute approximate surface area is 150 Å². The van der Waals surface area contributed by atoms with Crippen LogP contribution in [0.1, 0.15) is 24.0 Å². The number of hydrogen-bond acceptors (Lipinski definition) is 3. The standard InChI is InChI=1S/C18H27N3O3S/c1-13-5-6-14(2)17(9-13)25(23,24)21-11-15-7-8-16(21)12-20(10-15)18(22)19(3)4/h5-6,9,15-16H,7-8,10-12H2,1-4H3/t15-,16+/m1/s1. The van der Waals surface area contributed by atoms with Crippen LogP contribution in [0.25, 0.3) is 0 Å². The second kappa shape index (κ2) is 6.61. The van der Waals surface area contributed by atoms with Gasteiger partial charge >= 0.3 is 6.03 Å². The molecule has 0 aromatic heterocycles. The molecule has 3 fully saturated rings. The van der Waals surface area contributed by atoms with Gasteiger partial charge < -0.3 is 9.80 Å². The highest BCUT2D eigenvalue weighted by Gasteiger charge is 2.42. The number of rotatable bonds is 2. The zero-order chi connectivity index (χ0) is 18.4. The number of sulfonamides is 1. The Morgan fingerprint density at radius 3 is 2.52 bits per heavy atom. The molecule has 25 heavy (non-hydrogen) atoms. The number of piperidine rings is 1. The predicted octanol–water partition coefficient (Wildman–Crippen LogP) is 2.07. The van der Waals surface area contributed by atoms with Crippen LogP contribution in [0.5, 0.6) is 0 Å². The molecule has 0 radical (unpaired) electrons. The number of urea groups is 1. The first kappa shape index (κ1) is 18.2. The van der Waals surface area contributed by atoms with E-state index in [0.29, 0.717) is 24.5 Å². The summed E-state index contributed by atoms with van der Waals surface area (Å²) in [7, 11) is -0.0853. The molecule has 1 aromatic rings. The van der Waals surface area contributed by atoms with Crippen molar-refractivity contribution >= 4 is 16.1 Å². The van der Waals surface area contributed by atoms with Crippen LogP contribution in [-0.2, 0) is 10.0 Å². The summed E-state index contributed by atoms with van der Waals surface area (Å²) in [6.45, 7) is 5.34. The average Bonchev–Trinajstić information content (AvgIpc) is 2.88. The highest BCUT2D eigenvalue weighted by atomic mass is 32.2. The minimum absolute atomic E-state index is 0.0390. The van der Waals surface area contributed by atoms with Crippen LogP contribution in [0.15, 0.2) is 23.1 Å². The maximum Gasteiger partial charge on any atom is 0.319 e. The van der Waals surface area contributed by atoms with E-state index in [1.807, 2.05) is 26.0 Å². The van der Waals surface area contributed by atoms with Gasteiger partial charge in [0.1, 0.15) is 0 Å². The van der Waals surface area contributed by atoms with Gasteiger partial charge in [0.05, 0.1) is 4.90 Å². The first-order valence-corrected chi connectivity index (χ1v) is 10.2. The number of carbonyl (C=O) groups excluding carboxylic acids is 1. The maximum absolute atomic E-state index is 13.3. The number of aryl methyl sites for hydroxylation is 2. The number of benzene rings is 1. The Hall–Kier alpha value is -1.60. The van der Waals surface area contributed by atoms with Gasteiger partial charge in [0, 0.05) is 39.8 Å². The summed E-state index contributed by atoms with van der Waals surface area (Å²) in [4.78, 5) is 16.1. The van der Waals surface area contributed by atoms with Gasteiger partial charge in [0.2, 0.25) is 10.0 Å². The molecule has 6 nitrogen and oxygen atoms in total. The van der Waals surface area contributed by atoms with E-state index < -0.39 is 10.0 Å². The summed E-state index contributed by atoms with van der Waals surface area (Å²) >= 11 is 0. The molecule has 0 saturated carbocycles. The lowest BCUT2D eigenvalue weighted by Gasteiger charge is -2.35. The van der Waals surface area contributed by atoms with Crippen molar-refractivity contribution in [2.75, 3.05) is 33.7 Å². The number of hydrogen-bond donors (Lipinski definition) is 0. The molecule has 0 unspecified atom stereocenters. The van der Waals surface area contributed by atoms with E-state index in [1.54, 1.807) is 34.3 Å². The quantitative estimate of drug-likeness (QED) is 0.806. The van der Waals surface area contributed by atoms with Crippen molar-refractivity contribution in [2.24, 2.45) is 5.92 Å². The number of nitrogens with zero attached hydrogens (tertiary/aromatic N) is 3. The predicted molar refractivity (Wildman–Crippen MR) is 97.0 cm³/mol. The van der Waals surface area contributed by atoms with E-state index in [0.717, 1.165) is 24.0 Å². The highest BCUT2D eigenvalue weighted by molar-refractivity contribution is 7.89. The van der Waals surface area contributed by atoms with Crippen molar-refractivity contribution in [2.45, 2.75) is 37.6 Å². The molecule has 0 aliphatic carbocycles. The van der Waals surface area contributed by atoms with E-state index in [9.17, 15) is 13.2 Å². The number of amides is 2. The Balaban J connectivity index is 1.93. The van der Waals surface area contributed by atoms with E-state index in [2.05, 4.69) is 0 Å². The Morgan fingerprint density at radius 2 is 1.84 bits per heavy atom. The average molecular weight is 365 g/mol. The van der Waals surface area contributed by atoms with Crippen LogP contribution in [0.4, 0.5) is 4.79 Å². The highest BCUT2D eigenvalue weighted by Crippen LogP contribution is 2.33. The minimum atomic E-state index is -3.56. The molecule has 4 rings (SSSR count). The van der Waals surface area contributed by atoms with Gasteiger partial charge in [0.15, 0.2) is 0 Å². The van der Waals surface area contributed by atoms with Crippen molar-refractivity contribution in [1.29, 1.82) is 0 Å². The lowest BCUT2D eigenvalue weighted by atomic mass is 9.97. The lowest BCUT2D eigenvalue weighted by molar-refractivity contribution is 0.167. The lowest BCUT2D eigenvalue weighted by Crippen LogP contribution is -2.48. The van der Waals surface area contributed by atoms with Gasteiger partial charge in [-0.3, -0.25) is 0 Å². The second-order valence-corrected chi connectivity index (χ2v) is 9.38. The van der Waals surface area contributed by atoms with Crippen molar-refractivity contribution in [1.82, 2.24) is 14.1 Å².